The van der Waals surface area contributed by atoms with Crippen LogP contribution in [0.1, 0.15) is 10.5 Å². The van der Waals surface area contributed by atoms with E-state index in [1.807, 2.05) is 0 Å². The standard InChI is InChI=1S/C13H13N3O3/c1-16-8-14-7-10(16)13(17)15-9-2-3-11-12(6-9)19-5-4-18-11/h2-3,6-8H,4-5H2,1H3,(H,15,17). The van der Waals surface area contributed by atoms with E-state index in [-0.39, 0.29) is 5.91 Å². The number of carbonyl (C=O) groups is 1. The van der Waals surface area contributed by atoms with Crippen LogP contribution in [0.25, 0.3) is 0 Å². The van der Waals surface area contributed by atoms with E-state index in [0.717, 1.165) is 0 Å². The molecule has 0 saturated heterocycles. The van der Waals surface area contributed by atoms with Gasteiger partial charge in [-0.25, -0.2) is 4.98 Å². The van der Waals surface area contributed by atoms with Crippen molar-refractivity contribution in [3.8, 4) is 11.5 Å². The minimum Gasteiger partial charge on any atom is -0.486 e. The Morgan fingerprint density at radius 2 is 2.11 bits per heavy atom. The Balaban J connectivity index is 1.80. The Morgan fingerprint density at radius 1 is 1.32 bits per heavy atom. The van der Waals surface area contributed by atoms with Gasteiger partial charge in [-0.2, -0.15) is 0 Å². The van der Waals surface area contributed by atoms with Crippen LogP contribution in [0.2, 0.25) is 0 Å². The fourth-order valence-corrected chi connectivity index (χ4v) is 1.89. The highest BCUT2D eigenvalue weighted by atomic mass is 16.6. The number of hydrogen-bond donors (Lipinski definition) is 1. The highest BCUT2D eigenvalue weighted by Gasteiger charge is 2.14. The van der Waals surface area contributed by atoms with Gasteiger partial charge in [0, 0.05) is 18.8 Å². The van der Waals surface area contributed by atoms with Crippen molar-refractivity contribution in [2.24, 2.45) is 7.05 Å². The molecule has 19 heavy (non-hydrogen) atoms. The van der Waals surface area contributed by atoms with Gasteiger partial charge in [0.1, 0.15) is 18.9 Å². The molecule has 0 bridgehead atoms. The van der Waals surface area contributed by atoms with E-state index in [0.29, 0.717) is 36.1 Å². The quantitative estimate of drug-likeness (QED) is 0.886. The monoisotopic (exact) mass is 259 g/mol. The SMILES string of the molecule is Cn1cncc1C(=O)Nc1ccc2c(c1)OCCO2. The number of aromatic nitrogens is 2. The molecule has 0 atom stereocenters. The normalized spacial score (nSPS) is 13.1. The Kier molecular flexibility index (Phi) is 2.83. The van der Waals surface area contributed by atoms with Gasteiger partial charge in [0.05, 0.1) is 12.5 Å². The van der Waals surface area contributed by atoms with Crippen molar-refractivity contribution in [1.29, 1.82) is 0 Å². The van der Waals surface area contributed by atoms with E-state index in [1.54, 1.807) is 36.1 Å². The van der Waals surface area contributed by atoms with Crippen LogP contribution in [0.3, 0.4) is 0 Å². The number of aryl methyl sites for hydroxylation is 1. The molecule has 1 aromatic carbocycles. The van der Waals surface area contributed by atoms with Crippen LogP contribution >= 0.6 is 0 Å². The molecule has 0 radical (unpaired) electrons. The summed E-state index contributed by atoms with van der Waals surface area (Å²) in [6.07, 6.45) is 3.10. The molecule has 1 aliphatic heterocycles. The van der Waals surface area contributed by atoms with Crippen molar-refractivity contribution >= 4 is 11.6 Å². The molecule has 6 nitrogen and oxygen atoms in total. The number of nitrogens with one attached hydrogen (secondary N) is 1. The highest BCUT2D eigenvalue weighted by Crippen LogP contribution is 2.32. The summed E-state index contributed by atoms with van der Waals surface area (Å²) in [5.41, 5.74) is 1.16. The summed E-state index contributed by atoms with van der Waals surface area (Å²) in [5, 5.41) is 2.80. The van der Waals surface area contributed by atoms with E-state index in [1.165, 1.54) is 6.20 Å². The number of amides is 1. The third-order valence-electron chi connectivity index (χ3n) is 2.85. The van der Waals surface area contributed by atoms with Crippen molar-refractivity contribution in [1.82, 2.24) is 9.55 Å². The summed E-state index contributed by atoms with van der Waals surface area (Å²) in [6, 6.07) is 5.32. The third kappa shape index (κ3) is 2.24. The zero-order valence-corrected chi connectivity index (χ0v) is 10.4. The number of carbonyl (C=O) groups excluding carboxylic acids is 1. The third-order valence-corrected chi connectivity index (χ3v) is 2.85. The van der Waals surface area contributed by atoms with Gasteiger partial charge in [-0.15, -0.1) is 0 Å². The van der Waals surface area contributed by atoms with Gasteiger partial charge < -0.3 is 19.4 Å². The van der Waals surface area contributed by atoms with Gasteiger partial charge in [-0.1, -0.05) is 0 Å². The maximum atomic E-state index is 12.0. The van der Waals surface area contributed by atoms with Crippen LogP contribution in [-0.2, 0) is 7.05 Å². The topological polar surface area (TPSA) is 65.4 Å². The molecule has 1 amide bonds. The lowest BCUT2D eigenvalue weighted by Gasteiger charge is -2.19. The number of fused-ring (bicyclic) bond motifs is 1. The molecule has 0 unspecified atom stereocenters. The Hall–Kier alpha value is -2.50. The minimum atomic E-state index is -0.211. The van der Waals surface area contributed by atoms with Crippen LogP contribution < -0.4 is 14.8 Å². The lowest BCUT2D eigenvalue weighted by Crippen LogP contribution is -2.17. The molecule has 0 saturated carbocycles. The largest absolute Gasteiger partial charge is 0.486 e. The maximum absolute atomic E-state index is 12.0. The van der Waals surface area contributed by atoms with Crippen molar-refractivity contribution in [3.05, 3.63) is 36.4 Å². The number of imidazole rings is 1. The molecule has 98 valence electrons. The fraction of sp³-hybridized carbons (Fsp3) is 0.231. The second kappa shape index (κ2) is 4.64. The Labute approximate surface area is 110 Å². The van der Waals surface area contributed by atoms with Crippen LogP contribution in [-0.4, -0.2) is 28.7 Å². The molecule has 1 aliphatic rings. The number of nitrogens with zero attached hydrogens (tertiary/aromatic N) is 2. The molecule has 2 heterocycles. The Morgan fingerprint density at radius 3 is 2.84 bits per heavy atom. The molecule has 6 heteroatoms. The van der Waals surface area contributed by atoms with Crippen LogP contribution in [0, 0.1) is 0 Å². The number of benzene rings is 1. The predicted molar refractivity (Wildman–Crippen MR) is 68.6 cm³/mol. The zero-order valence-electron chi connectivity index (χ0n) is 10.4. The molecule has 0 spiro atoms. The first-order valence-electron chi connectivity index (χ1n) is 5.91. The summed E-state index contributed by atoms with van der Waals surface area (Å²) >= 11 is 0. The van der Waals surface area contributed by atoms with Crippen molar-refractivity contribution < 1.29 is 14.3 Å². The second-order valence-corrected chi connectivity index (χ2v) is 4.20. The van der Waals surface area contributed by atoms with Gasteiger partial charge in [-0.3, -0.25) is 4.79 Å². The predicted octanol–water partition coefficient (Wildman–Crippen LogP) is 1.44. The molecule has 1 aromatic heterocycles. The number of hydrogen-bond acceptors (Lipinski definition) is 4. The van der Waals surface area contributed by atoms with E-state index < -0.39 is 0 Å². The fourth-order valence-electron chi connectivity index (χ4n) is 1.89. The van der Waals surface area contributed by atoms with Crippen LogP contribution in [0.5, 0.6) is 11.5 Å². The summed E-state index contributed by atoms with van der Waals surface area (Å²) in [5.74, 6) is 1.13. The summed E-state index contributed by atoms with van der Waals surface area (Å²) in [6.45, 7) is 1.07. The van der Waals surface area contributed by atoms with E-state index >= 15 is 0 Å². The molecule has 3 rings (SSSR count). The first kappa shape index (κ1) is 11.6. The van der Waals surface area contributed by atoms with Crippen LogP contribution in [0.15, 0.2) is 30.7 Å². The maximum Gasteiger partial charge on any atom is 0.273 e. The van der Waals surface area contributed by atoms with E-state index in [4.69, 9.17) is 9.47 Å². The van der Waals surface area contributed by atoms with E-state index in [2.05, 4.69) is 10.3 Å². The smallest absolute Gasteiger partial charge is 0.273 e. The summed E-state index contributed by atoms with van der Waals surface area (Å²) < 4.78 is 12.5. The van der Waals surface area contributed by atoms with Gasteiger partial charge in [0.25, 0.3) is 5.91 Å². The minimum absolute atomic E-state index is 0.211. The number of anilines is 1. The lowest BCUT2D eigenvalue weighted by atomic mass is 10.2. The van der Waals surface area contributed by atoms with Gasteiger partial charge in [-0.05, 0) is 12.1 Å². The second-order valence-electron chi connectivity index (χ2n) is 4.20. The summed E-state index contributed by atoms with van der Waals surface area (Å²) in [4.78, 5) is 15.9. The number of ether oxygens (including phenoxy) is 2. The highest BCUT2D eigenvalue weighted by molar-refractivity contribution is 6.03. The molecule has 2 aromatic rings. The van der Waals surface area contributed by atoms with Crippen molar-refractivity contribution in [2.45, 2.75) is 0 Å². The van der Waals surface area contributed by atoms with Gasteiger partial charge >= 0.3 is 0 Å². The lowest BCUT2D eigenvalue weighted by molar-refractivity contribution is 0.101. The molecule has 0 fully saturated rings. The average Bonchev–Trinajstić information content (AvgIpc) is 2.85. The molecule has 1 N–H and O–H groups in total. The average molecular weight is 259 g/mol. The first-order chi connectivity index (χ1) is 9.24. The first-order valence-corrected chi connectivity index (χ1v) is 5.91. The van der Waals surface area contributed by atoms with Gasteiger partial charge in [0.2, 0.25) is 0 Å². The molecular formula is C13H13N3O3. The molecule has 0 aliphatic carbocycles. The number of rotatable bonds is 2. The summed E-state index contributed by atoms with van der Waals surface area (Å²) in [7, 11) is 1.77. The van der Waals surface area contributed by atoms with E-state index in [9.17, 15) is 4.79 Å². The van der Waals surface area contributed by atoms with Crippen LogP contribution in [0.4, 0.5) is 5.69 Å². The van der Waals surface area contributed by atoms with Crippen molar-refractivity contribution in [2.75, 3.05) is 18.5 Å². The van der Waals surface area contributed by atoms with Gasteiger partial charge in [0.15, 0.2) is 11.5 Å². The zero-order chi connectivity index (χ0) is 13.2. The molecular weight excluding hydrogens is 246 g/mol. The van der Waals surface area contributed by atoms with Crippen molar-refractivity contribution in [3.63, 3.8) is 0 Å². The Bertz CT molecular complexity index is 621.